The Morgan fingerprint density at radius 2 is 1.86 bits per heavy atom. The Morgan fingerprint density at radius 3 is 2.43 bits per heavy atom. The fourth-order valence-electron chi connectivity index (χ4n) is 1.66. The first-order valence-corrected chi connectivity index (χ1v) is 7.54. The lowest BCUT2D eigenvalue weighted by atomic mass is 10.1. The number of nitrogens with one attached hydrogen (secondary N) is 1. The van der Waals surface area contributed by atoms with E-state index < -0.39 is 5.76 Å². The van der Waals surface area contributed by atoms with E-state index in [1.807, 2.05) is 0 Å². The lowest BCUT2D eigenvalue weighted by Gasteiger charge is -2.08. The van der Waals surface area contributed by atoms with Crippen molar-refractivity contribution in [1.82, 2.24) is 0 Å². The molecule has 2 aromatic rings. The summed E-state index contributed by atoms with van der Waals surface area (Å²) >= 11 is 3.72. The van der Waals surface area contributed by atoms with Gasteiger partial charge in [0.25, 0.3) is 11.7 Å². The van der Waals surface area contributed by atoms with Crippen LogP contribution in [0.25, 0.3) is 0 Å². The zero-order valence-electron chi connectivity index (χ0n) is 10.6. The number of halogens is 3. The molecule has 3 nitrogen and oxygen atoms in total. The zero-order valence-corrected chi connectivity index (χ0v) is 13.0. The number of hydrogen-bond donors (Lipinski definition) is 2. The highest BCUT2D eigenvalue weighted by molar-refractivity contribution is 9.10. The van der Waals surface area contributed by atoms with Crippen molar-refractivity contribution in [1.29, 1.82) is 0 Å². The molecule has 0 aliphatic heterocycles. The van der Waals surface area contributed by atoms with Crippen LogP contribution in [0.15, 0.2) is 51.8 Å². The number of hydrogen-bond acceptors (Lipinski definition) is 3. The highest BCUT2D eigenvalue weighted by Gasteiger charge is 2.11. The maximum Gasteiger partial charge on any atom is 0.288 e. The second-order valence-electron chi connectivity index (χ2n) is 4.09. The summed E-state index contributed by atoms with van der Waals surface area (Å²) in [5.41, 5.74) is 7.00. The summed E-state index contributed by atoms with van der Waals surface area (Å²) in [5.74, 6) is -2.82. The maximum atomic E-state index is 12.2. The van der Waals surface area contributed by atoms with Crippen LogP contribution in [0, 0.1) is 0 Å². The van der Waals surface area contributed by atoms with E-state index in [0.29, 0.717) is 33.6 Å². The van der Waals surface area contributed by atoms with Gasteiger partial charge in [0.15, 0.2) is 0 Å². The normalized spacial score (nSPS) is 10.7. The lowest BCUT2D eigenvalue weighted by Crippen LogP contribution is -2.13. The second-order valence-corrected chi connectivity index (χ2v) is 6.07. The van der Waals surface area contributed by atoms with Crippen molar-refractivity contribution in [3.05, 3.63) is 52.5 Å². The highest BCUT2D eigenvalue weighted by Crippen LogP contribution is 2.26. The molecule has 110 valence electrons. The van der Waals surface area contributed by atoms with Gasteiger partial charge in [-0.15, -0.1) is 0 Å². The number of carbonyl (C=O) groups excluding carboxylic acids is 1. The van der Waals surface area contributed by atoms with Crippen LogP contribution in [0.1, 0.15) is 10.4 Å². The third-order valence-corrected chi connectivity index (χ3v) is 3.81. The lowest BCUT2D eigenvalue weighted by molar-refractivity contribution is 0.102. The maximum absolute atomic E-state index is 12.2. The van der Waals surface area contributed by atoms with Crippen LogP contribution in [-0.4, -0.2) is 11.7 Å². The molecule has 3 N–H and O–H groups in total. The van der Waals surface area contributed by atoms with Gasteiger partial charge in [-0.1, -0.05) is 27.7 Å². The first-order chi connectivity index (χ1) is 9.95. The Labute approximate surface area is 133 Å². The number of anilines is 2. The van der Waals surface area contributed by atoms with Gasteiger partial charge in [-0.2, -0.15) is 8.78 Å². The molecule has 2 aromatic carbocycles. The average Bonchev–Trinajstić information content (AvgIpc) is 2.40. The van der Waals surface area contributed by atoms with Crippen molar-refractivity contribution < 1.29 is 13.6 Å². The number of carbonyl (C=O) groups is 1. The third-order valence-electron chi connectivity index (χ3n) is 2.60. The Bertz CT molecular complexity index is 650. The monoisotopic (exact) mass is 372 g/mol. The van der Waals surface area contributed by atoms with E-state index in [1.165, 1.54) is 12.1 Å². The standard InChI is InChI=1S/C14H11BrF2N2OS/c15-8-1-6-11(12(18)7-8)13(20)19-9-2-4-10(5-3-9)21-14(16)17/h1-7,14H,18H2,(H,19,20). The number of alkyl halides is 2. The smallest absolute Gasteiger partial charge is 0.288 e. The van der Waals surface area contributed by atoms with E-state index >= 15 is 0 Å². The molecule has 0 heterocycles. The Balaban J connectivity index is 2.08. The second kappa shape index (κ2) is 6.91. The Hall–Kier alpha value is -1.60. The van der Waals surface area contributed by atoms with Crippen LogP contribution in [0.5, 0.6) is 0 Å². The Morgan fingerprint density at radius 1 is 1.19 bits per heavy atom. The molecule has 0 aromatic heterocycles. The van der Waals surface area contributed by atoms with Gasteiger partial charge in [0, 0.05) is 20.7 Å². The molecule has 0 aliphatic carbocycles. The van der Waals surface area contributed by atoms with E-state index in [2.05, 4.69) is 21.2 Å². The molecule has 0 fully saturated rings. The molecule has 0 radical (unpaired) electrons. The molecule has 0 saturated carbocycles. The number of nitrogen functional groups attached to an aromatic ring is 1. The minimum atomic E-state index is -2.46. The average molecular weight is 373 g/mol. The van der Waals surface area contributed by atoms with Gasteiger partial charge in [0.1, 0.15) is 0 Å². The van der Waals surface area contributed by atoms with Crippen LogP contribution in [0.2, 0.25) is 0 Å². The largest absolute Gasteiger partial charge is 0.398 e. The number of benzene rings is 2. The van der Waals surface area contributed by atoms with Gasteiger partial charge in [-0.25, -0.2) is 0 Å². The predicted molar refractivity (Wildman–Crippen MR) is 84.8 cm³/mol. The topological polar surface area (TPSA) is 55.1 Å². The summed E-state index contributed by atoms with van der Waals surface area (Å²) in [4.78, 5) is 12.5. The third kappa shape index (κ3) is 4.44. The molecule has 0 bridgehead atoms. The molecule has 0 spiro atoms. The van der Waals surface area contributed by atoms with Gasteiger partial charge in [-0.3, -0.25) is 4.79 Å². The minimum Gasteiger partial charge on any atom is -0.398 e. The summed E-state index contributed by atoms with van der Waals surface area (Å²) in [5, 5.41) is 2.67. The van der Waals surface area contributed by atoms with Gasteiger partial charge < -0.3 is 11.1 Å². The zero-order chi connectivity index (χ0) is 15.4. The van der Waals surface area contributed by atoms with Crippen molar-refractivity contribution in [2.24, 2.45) is 0 Å². The fraction of sp³-hybridized carbons (Fsp3) is 0.0714. The molecular formula is C14H11BrF2N2OS. The quantitative estimate of drug-likeness (QED) is 0.609. The molecule has 0 aliphatic rings. The first kappa shape index (κ1) is 15.8. The molecular weight excluding hydrogens is 362 g/mol. The SMILES string of the molecule is Nc1cc(Br)ccc1C(=O)Nc1ccc(SC(F)F)cc1. The van der Waals surface area contributed by atoms with Crippen molar-refractivity contribution in [2.45, 2.75) is 10.7 Å². The van der Waals surface area contributed by atoms with Gasteiger partial charge in [0.05, 0.1) is 5.56 Å². The van der Waals surface area contributed by atoms with Crippen molar-refractivity contribution in [3.63, 3.8) is 0 Å². The van der Waals surface area contributed by atoms with Crippen LogP contribution in [0.3, 0.4) is 0 Å². The summed E-state index contributed by atoms with van der Waals surface area (Å²) in [6.07, 6.45) is 0. The molecule has 7 heteroatoms. The molecule has 0 unspecified atom stereocenters. The van der Waals surface area contributed by atoms with Gasteiger partial charge in [0.2, 0.25) is 0 Å². The van der Waals surface area contributed by atoms with Gasteiger partial charge in [-0.05, 0) is 42.5 Å². The minimum absolute atomic E-state index is 0.351. The van der Waals surface area contributed by atoms with E-state index in [-0.39, 0.29) is 5.91 Å². The molecule has 0 saturated heterocycles. The number of nitrogens with two attached hydrogens (primary N) is 1. The van der Waals surface area contributed by atoms with E-state index in [0.717, 1.165) is 4.47 Å². The van der Waals surface area contributed by atoms with Gasteiger partial charge >= 0.3 is 0 Å². The Kier molecular flexibility index (Phi) is 5.19. The summed E-state index contributed by atoms with van der Waals surface area (Å²) in [6, 6.07) is 11.1. The molecule has 1 amide bonds. The van der Waals surface area contributed by atoms with E-state index in [4.69, 9.17) is 5.73 Å². The number of thioether (sulfide) groups is 1. The molecule has 21 heavy (non-hydrogen) atoms. The molecule has 2 rings (SSSR count). The summed E-state index contributed by atoms with van der Waals surface area (Å²) in [6.45, 7) is 0. The van der Waals surface area contributed by atoms with Crippen LogP contribution in [0.4, 0.5) is 20.2 Å². The number of amides is 1. The fourth-order valence-corrected chi connectivity index (χ4v) is 2.54. The predicted octanol–water partition coefficient (Wildman–Crippen LogP) is 4.60. The van der Waals surface area contributed by atoms with Crippen LogP contribution < -0.4 is 11.1 Å². The van der Waals surface area contributed by atoms with Crippen molar-refractivity contribution >= 4 is 45.0 Å². The first-order valence-electron chi connectivity index (χ1n) is 5.87. The summed E-state index contributed by atoms with van der Waals surface area (Å²) in [7, 11) is 0. The van der Waals surface area contributed by atoms with Crippen molar-refractivity contribution in [3.8, 4) is 0 Å². The van der Waals surface area contributed by atoms with Crippen molar-refractivity contribution in [2.75, 3.05) is 11.1 Å². The van der Waals surface area contributed by atoms with E-state index in [9.17, 15) is 13.6 Å². The van der Waals surface area contributed by atoms with E-state index in [1.54, 1.807) is 30.3 Å². The summed E-state index contributed by atoms with van der Waals surface area (Å²) < 4.78 is 25.2. The van der Waals surface area contributed by atoms with Crippen LogP contribution >= 0.6 is 27.7 Å². The number of rotatable bonds is 4. The van der Waals surface area contributed by atoms with Crippen LogP contribution in [-0.2, 0) is 0 Å². The highest BCUT2D eigenvalue weighted by atomic mass is 79.9. The molecule has 0 atom stereocenters.